The van der Waals surface area contributed by atoms with Crippen molar-refractivity contribution in [1.29, 1.82) is 5.26 Å². The van der Waals surface area contributed by atoms with Crippen LogP contribution in [-0.4, -0.2) is 34.1 Å². The van der Waals surface area contributed by atoms with Gasteiger partial charge >= 0.3 is 0 Å². The van der Waals surface area contributed by atoms with Crippen LogP contribution in [0.5, 0.6) is 0 Å². The Kier molecular flexibility index (Phi) is 8.29. The van der Waals surface area contributed by atoms with Crippen molar-refractivity contribution in [3.8, 4) is 6.07 Å². The van der Waals surface area contributed by atoms with E-state index < -0.39 is 24.0 Å². The zero-order valence-corrected chi connectivity index (χ0v) is 22.1. The minimum absolute atomic E-state index is 0.0650. The highest BCUT2D eigenvalue weighted by Gasteiger charge is 2.46. The molecule has 4 atom stereocenters. The molecule has 0 spiro atoms. The molecule has 7 nitrogen and oxygen atoms in total. The van der Waals surface area contributed by atoms with Gasteiger partial charge in [0.25, 0.3) is 0 Å². The minimum Gasteiger partial charge on any atom is -0.378 e. The maximum absolute atomic E-state index is 14.2. The van der Waals surface area contributed by atoms with Gasteiger partial charge in [-0.25, -0.2) is 0 Å². The van der Waals surface area contributed by atoms with E-state index >= 15 is 0 Å². The second-order valence-corrected chi connectivity index (χ2v) is 11.5. The third-order valence-corrected chi connectivity index (χ3v) is 7.89. The Labute approximate surface area is 219 Å². The number of aromatic nitrogens is 1. The van der Waals surface area contributed by atoms with Gasteiger partial charge in [-0.2, -0.15) is 5.26 Å². The fourth-order valence-electron chi connectivity index (χ4n) is 5.49. The molecule has 2 N–H and O–H groups in total. The number of carbonyl (C=O) groups is 2. The van der Waals surface area contributed by atoms with E-state index in [1.165, 1.54) is 6.42 Å². The van der Waals surface area contributed by atoms with Crippen LogP contribution in [0.3, 0.4) is 0 Å². The van der Waals surface area contributed by atoms with Crippen LogP contribution in [0, 0.1) is 23.2 Å². The van der Waals surface area contributed by atoms with E-state index in [0.717, 1.165) is 31.2 Å². The van der Waals surface area contributed by atoms with Crippen molar-refractivity contribution in [2.45, 2.75) is 89.3 Å². The monoisotopic (exact) mass is 502 g/mol. The van der Waals surface area contributed by atoms with Crippen molar-refractivity contribution in [1.82, 2.24) is 10.3 Å². The van der Waals surface area contributed by atoms with Gasteiger partial charge in [-0.1, -0.05) is 58.2 Å². The van der Waals surface area contributed by atoms with Crippen molar-refractivity contribution in [2.75, 3.05) is 4.90 Å². The summed E-state index contributed by atoms with van der Waals surface area (Å²) in [4.78, 5) is 33.9. The van der Waals surface area contributed by atoms with E-state index in [1.54, 1.807) is 23.4 Å². The van der Waals surface area contributed by atoms with Crippen molar-refractivity contribution in [2.24, 2.45) is 11.8 Å². The first-order valence-corrected chi connectivity index (χ1v) is 13.4. The van der Waals surface area contributed by atoms with Gasteiger partial charge in [0.2, 0.25) is 11.8 Å². The summed E-state index contributed by atoms with van der Waals surface area (Å²) in [5.41, 5.74) is 2.29. The van der Waals surface area contributed by atoms with Crippen molar-refractivity contribution in [3.63, 3.8) is 0 Å². The quantitative estimate of drug-likeness (QED) is 0.529. The van der Waals surface area contributed by atoms with Crippen molar-refractivity contribution >= 4 is 17.5 Å². The molecule has 196 valence electrons. The predicted molar refractivity (Wildman–Crippen MR) is 142 cm³/mol. The van der Waals surface area contributed by atoms with Gasteiger partial charge in [-0.15, -0.1) is 0 Å². The molecule has 2 amide bonds. The topological polar surface area (TPSA) is 106 Å². The molecule has 2 aromatic rings. The highest BCUT2D eigenvalue weighted by Crippen LogP contribution is 2.41. The highest BCUT2D eigenvalue weighted by atomic mass is 16.3. The van der Waals surface area contributed by atoms with Crippen LogP contribution < -0.4 is 10.2 Å². The van der Waals surface area contributed by atoms with Crippen LogP contribution in [0.4, 0.5) is 5.69 Å². The zero-order valence-electron chi connectivity index (χ0n) is 22.1. The molecule has 7 heteroatoms. The standard InChI is InChI=1S/C30H38N4O3/c1-30(2,3)21-11-13-23(14-12-21)34(29(37)25-16-15-24(25)26(35)18-31)27(20-8-7-17-32-19-20)28(36)33-22-9-5-4-6-10-22/h7-8,11-14,17,19,22,24-27,35H,4-6,9-10,15-16H2,1-3H3,(H,33,36)/t24?,25-,26?,27?/m0/s1. The molecule has 0 saturated heterocycles. The maximum atomic E-state index is 14.2. The Balaban J connectivity index is 1.76. The number of anilines is 1. The second-order valence-electron chi connectivity index (χ2n) is 11.5. The number of nitriles is 1. The SMILES string of the molecule is CC(C)(C)c1ccc(N(C(=O)[C@H]2CCC2C(O)C#N)C(C(=O)NC2CCCCC2)c2cccnc2)cc1. The first kappa shape index (κ1) is 26.8. The molecule has 0 radical (unpaired) electrons. The lowest BCUT2D eigenvalue weighted by molar-refractivity contribution is -0.133. The van der Waals surface area contributed by atoms with E-state index in [0.29, 0.717) is 24.1 Å². The number of aliphatic hydroxyl groups excluding tert-OH is 1. The van der Waals surface area contributed by atoms with Crippen LogP contribution in [0.2, 0.25) is 0 Å². The lowest BCUT2D eigenvalue weighted by atomic mass is 9.70. The molecule has 1 aromatic heterocycles. The van der Waals surface area contributed by atoms with E-state index in [-0.39, 0.29) is 23.3 Å². The fourth-order valence-corrected chi connectivity index (χ4v) is 5.49. The van der Waals surface area contributed by atoms with Gasteiger partial charge in [0.15, 0.2) is 0 Å². The third-order valence-electron chi connectivity index (χ3n) is 7.89. The summed E-state index contributed by atoms with van der Waals surface area (Å²) in [6, 6.07) is 12.4. The van der Waals surface area contributed by atoms with Gasteiger partial charge < -0.3 is 10.4 Å². The zero-order chi connectivity index (χ0) is 26.6. The second kappa shape index (κ2) is 11.4. The lowest BCUT2D eigenvalue weighted by Crippen LogP contribution is -2.52. The number of aliphatic hydroxyl groups is 1. The number of amides is 2. The molecule has 2 aliphatic rings. The summed E-state index contributed by atoms with van der Waals surface area (Å²) in [7, 11) is 0. The average molecular weight is 503 g/mol. The summed E-state index contributed by atoms with van der Waals surface area (Å²) in [5, 5.41) is 22.7. The lowest BCUT2D eigenvalue weighted by Gasteiger charge is -2.42. The molecule has 1 heterocycles. The van der Waals surface area contributed by atoms with Gasteiger partial charge in [0.05, 0.1) is 6.07 Å². The number of nitrogens with zero attached hydrogens (tertiary/aromatic N) is 3. The molecule has 0 aliphatic heterocycles. The Morgan fingerprint density at radius 3 is 2.32 bits per heavy atom. The van der Waals surface area contributed by atoms with Gasteiger partial charge in [-0.05, 0) is 54.9 Å². The van der Waals surface area contributed by atoms with Gasteiger partial charge in [0, 0.05) is 41.5 Å². The molecule has 2 aliphatic carbocycles. The van der Waals surface area contributed by atoms with Crippen molar-refractivity contribution < 1.29 is 14.7 Å². The Morgan fingerprint density at radius 1 is 1.08 bits per heavy atom. The summed E-state index contributed by atoms with van der Waals surface area (Å²) in [6.45, 7) is 6.38. The number of benzene rings is 1. The summed E-state index contributed by atoms with van der Waals surface area (Å²) >= 11 is 0. The Morgan fingerprint density at radius 2 is 1.78 bits per heavy atom. The molecule has 2 saturated carbocycles. The molecule has 2 fully saturated rings. The summed E-state index contributed by atoms with van der Waals surface area (Å²) in [6.07, 6.45) is 8.44. The highest BCUT2D eigenvalue weighted by molar-refractivity contribution is 6.02. The largest absolute Gasteiger partial charge is 0.378 e. The number of carbonyl (C=O) groups excluding carboxylic acids is 2. The van der Waals surface area contributed by atoms with E-state index in [4.69, 9.17) is 0 Å². The maximum Gasteiger partial charge on any atom is 0.248 e. The van der Waals surface area contributed by atoms with E-state index in [2.05, 4.69) is 31.1 Å². The van der Waals surface area contributed by atoms with Crippen LogP contribution in [0.25, 0.3) is 0 Å². The van der Waals surface area contributed by atoms with Crippen LogP contribution in [0.1, 0.15) is 82.9 Å². The van der Waals surface area contributed by atoms with Crippen molar-refractivity contribution in [3.05, 3.63) is 59.9 Å². The molecular weight excluding hydrogens is 464 g/mol. The van der Waals surface area contributed by atoms with Crippen LogP contribution in [0.15, 0.2) is 48.8 Å². The number of rotatable bonds is 7. The number of nitrogens with one attached hydrogen (secondary N) is 1. The average Bonchev–Trinajstić information content (AvgIpc) is 2.87. The number of hydrogen-bond donors (Lipinski definition) is 2. The molecule has 3 unspecified atom stereocenters. The predicted octanol–water partition coefficient (Wildman–Crippen LogP) is 4.81. The van der Waals surface area contributed by atoms with E-state index in [1.807, 2.05) is 36.4 Å². The third kappa shape index (κ3) is 6.02. The first-order valence-electron chi connectivity index (χ1n) is 13.4. The Bertz CT molecular complexity index is 1110. The smallest absolute Gasteiger partial charge is 0.248 e. The summed E-state index contributed by atoms with van der Waals surface area (Å²) < 4.78 is 0. The molecule has 1 aromatic carbocycles. The number of hydrogen-bond acceptors (Lipinski definition) is 5. The summed E-state index contributed by atoms with van der Waals surface area (Å²) in [5.74, 6) is -1.45. The van der Waals surface area contributed by atoms with Crippen LogP contribution >= 0.6 is 0 Å². The molecular formula is C30H38N4O3. The molecule has 0 bridgehead atoms. The Hall–Kier alpha value is -3.24. The minimum atomic E-state index is -1.21. The fraction of sp³-hybridized carbons (Fsp3) is 0.533. The molecule has 4 rings (SSSR count). The van der Waals surface area contributed by atoms with E-state index in [9.17, 15) is 20.0 Å². The van der Waals surface area contributed by atoms with Gasteiger partial charge in [0.1, 0.15) is 12.1 Å². The van der Waals surface area contributed by atoms with Crippen LogP contribution in [-0.2, 0) is 15.0 Å². The number of pyridine rings is 1. The molecule has 37 heavy (non-hydrogen) atoms. The normalized spacial score (nSPS) is 21.7. The first-order chi connectivity index (χ1) is 17.7. The van der Waals surface area contributed by atoms with Gasteiger partial charge in [-0.3, -0.25) is 19.5 Å².